The highest BCUT2D eigenvalue weighted by molar-refractivity contribution is 5.94. The van der Waals surface area contributed by atoms with Crippen molar-refractivity contribution >= 4 is 5.91 Å². The molecule has 3 nitrogen and oxygen atoms in total. The first kappa shape index (κ1) is 15.7. The van der Waals surface area contributed by atoms with Gasteiger partial charge in [0.05, 0.1) is 0 Å². The predicted octanol–water partition coefficient (Wildman–Crippen LogP) is 2.75. The minimum atomic E-state index is -0.0502. The molecule has 3 heteroatoms. The van der Waals surface area contributed by atoms with Crippen molar-refractivity contribution in [2.45, 2.75) is 34.6 Å². The smallest absolute Gasteiger partial charge is 0.253 e. The Bertz CT molecular complexity index is 452. The van der Waals surface area contributed by atoms with Crippen LogP contribution in [0.25, 0.3) is 0 Å². The maximum atomic E-state index is 12.5. The maximum absolute atomic E-state index is 12.5. The molecule has 1 aromatic rings. The third-order valence-corrected chi connectivity index (χ3v) is 3.59. The Morgan fingerprint density at radius 1 is 1.26 bits per heavy atom. The Morgan fingerprint density at radius 3 is 2.37 bits per heavy atom. The van der Waals surface area contributed by atoms with Gasteiger partial charge in [0.2, 0.25) is 0 Å². The Balaban J connectivity index is 2.92. The first-order chi connectivity index (χ1) is 8.80. The van der Waals surface area contributed by atoms with Gasteiger partial charge in [0, 0.05) is 18.7 Å². The lowest BCUT2D eigenvalue weighted by Gasteiger charge is -2.31. The number of benzene rings is 1. The molecule has 0 atom stereocenters. The SMILES string of the molecule is CCN(CC(C)(C)CN)C(=O)c1ccc(C)c(C)c1. The summed E-state index contributed by atoms with van der Waals surface area (Å²) in [6.07, 6.45) is 0. The molecule has 0 spiro atoms. The Hall–Kier alpha value is -1.35. The van der Waals surface area contributed by atoms with E-state index in [9.17, 15) is 4.79 Å². The fourth-order valence-electron chi connectivity index (χ4n) is 1.97. The molecule has 0 aliphatic heterocycles. The number of aryl methyl sites for hydroxylation is 2. The molecule has 106 valence electrons. The second kappa shape index (κ2) is 6.20. The predicted molar refractivity (Wildman–Crippen MR) is 80.3 cm³/mol. The van der Waals surface area contributed by atoms with Crippen molar-refractivity contribution in [3.63, 3.8) is 0 Å². The van der Waals surface area contributed by atoms with Gasteiger partial charge < -0.3 is 10.6 Å². The normalized spacial score (nSPS) is 11.5. The van der Waals surface area contributed by atoms with E-state index in [0.29, 0.717) is 19.6 Å². The van der Waals surface area contributed by atoms with Gasteiger partial charge in [-0.25, -0.2) is 0 Å². The summed E-state index contributed by atoms with van der Waals surface area (Å²) in [5.41, 5.74) is 8.83. The monoisotopic (exact) mass is 262 g/mol. The van der Waals surface area contributed by atoms with E-state index < -0.39 is 0 Å². The van der Waals surface area contributed by atoms with E-state index in [-0.39, 0.29) is 11.3 Å². The summed E-state index contributed by atoms with van der Waals surface area (Å²) >= 11 is 0. The van der Waals surface area contributed by atoms with Gasteiger partial charge in [-0.3, -0.25) is 4.79 Å². The molecule has 2 N–H and O–H groups in total. The van der Waals surface area contributed by atoms with Crippen molar-refractivity contribution in [2.75, 3.05) is 19.6 Å². The number of nitrogens with zero attached hydrogens (tertiary/aromatic N) is 1. The average Bonchev–Trinajstić information content (AvgIpc) is 2.38. The highest BCUT2D eigenvalue weighted by Crippen LogP contribution is 2.18. The van der Waals surface area contributed by atoms with Crippen molar-refractivity contribution in [1.29, 1.82) is 0 Å². The zero-order chi connectivity index (χ0) is 14.6. The quantitative estimate of drug-likeness (QED) is 0.887. The molecule has 1 aromatic carbocycles. The lowest BCUT2D eigenvalue weighted by molar-refractivity contribution is 0.0700. The minimum Gasteiger partial charge on any atom is -0.338 e. The van der Waals surface area contributed by atoms with Gasteiger partial charge in [-0.15, -0.1) is 0 Å². The number of rotatable bonds is 5. The largest absolute Gasteiger partial charge is 0.338 e. The molecular formula is C16H26N2O. The van der Waals surface area contributed by atoms with E-state index in [0.717, 1.165) is 11.1 Å². The highest BCUT2D eigenvalue weighted by atomic mass is 16.2. The first-order valence-corrected chi connectivity index (χ1v) is 6.87. The lowest BCUT2D eigenvalue weighted by atomic mass is 9.92. The molecule has 0 saturated heterocycles. The molecule has 0 aromatic heterocycles. The number of carbonyl (C=O) groups is 1. The molecule has 0 saturated carbocycles. The minimum absolute atomic E-state index is 0.0502. The van der Waals surface area contributed by atoms with Crippen LogP contribution in [0.15, 0.2) is 18.2 Å². The lowest BCUT2D eigenvalue weighted by Crippen LogP contribution is -2.42. The van der Waals surface area contributed by atoms with Crippen LogP contribution < -0.4 is 5.73 Å². The average molecular weight is 262 g/mol. The van der Waals surface area contributed by atoms with Gasteiger partial charge in [-0.2, -0.15) is 0 Å². The second-order valence-electron chi connectivity index (χ2n) is 5.99. The summed E-state index contributed by atoms with van der Waals surface area (Å²) in [6, 6.07) is 5.88. The summed E-state index contributed by atoms with van der Waals surface area (Å²) in [7, 11) is 0. The number of carbonyl (C=O) groups excluding carboxylic acids is 1. The topological polar surface area (TPSA) is 46.3 Å². The van der Waals surface area contributed by atoms with Crippen LogP contribution in [0, 0.1) is 19.3 Å². The van der Waals surface area contributed by atoms with Crippen LogP contribution in [0.4, 0.5) is 0 Å². The van der Waals surface area contributed by atoms with E-state index in [1.165, 1.54) is 5.56 Å². The molecule has 0 bridgehead atoms. The van der Waals surface area contributed by atoms with E-state index in [2.05, 4.69) is 20.8 Å². The van der Waals surface area contributed by atoms with E-state index >= 15 is 0 Å². The standard InChI is InChI=1S/C16H26N2O/c1-6-18(11-16(4,5)10-17)15(19)14-8-7-12(2)13(3)9-14/h7-9H,6,10-11,17H2,1-5H3. The Labute approximate surface area is 116 Å². The Morgan fingerprint density at radius 2 is 1.89 bits per heavy atom. The van der Waals surface area contributed by atoms with Crippen LogP contribution in [0.1, 0.15) is 42.3 Å². The van der Waals surface area contributed by atoms with Gasteiger partial charge in [0.25, 0.3) is 5.91 Å². The van der Waals surface area contributed by atoms with Crippen LogP contribution in [0.5, 0.6) is 0 Å². The number of amides is 1. The highest BCUT2D eigenvalue weighted by Gasteiger charge is 2.23. The van der Waals surface area contributed by atoms with Gasteiger partial charge in [0.15, 0.2) is 0 Å². The van der Waals surface area contributed by atoms with Gasteiger partial charge in [-0.1, -0.05) is 19.9 Å². The molecule has 0 fully saturated rings. The number of nitrogens with two attached hydrogens (primary N) is 1. The van der Waals surface area contributed by atoms with Crippen LogP contribution in [0.2, 0.25) is 0 Å². The fourth-order valence-corrected chi connectivity index (χ4v) is 1.97. The summed E-state index contributed by atoms with van der Waals surface area (Å²) < 4.78 is 0. The fraction of sp³-hybridized carbons (Fsp3) is 0.562. The van der Waals surface area contributed by atoms with E-state index in [1.807, 2.05) is 36.9 Å². The summed E-state index contributed by atoms with van der Waals surface area (Å²) in [6.45, 7) is 12.2. The third kappa shape index (κ3) is 4.06. The summed E-state index contributed by atoms with van der Waals surface area (Å²) in [5.74, 6) is 0.0899. The van der Waals surface area contributed by atoms with Crippen molar-refractivity contribution in [2.24, 2.45) is 11.1 Å². The molecule has 0 unspecified atom stereocenters. The first-order valence-electron chi connectivity index (χ1n) is 6.87. The molecule has 0 aliphatic rings. The van der Waals surface area contributed by atoms with E-state index in [4.69, 9.17) is 5.73 Å². The summed E-state index contributed by atoms with van der Waals surface area (Å²) in [5, 5.41) is 0. The third-order valence-electron chi connectivity index (χ3n) is 3.59. The zero-order valence-electron chi connectivity index (χ0n) is 12.8. The second-order valence-corrected chi connectivity index (χ2v) is 5.99. The molecule has 1 amide bonds. The molecule has 19 heavy (non-hydrogen) atoms. The molecular weight excluding hydrogens is 236 g/mol. The Kier molecular flexibility index (Phi) is 5.12. The number of hydrogen-bond donors (Lipinski definition) is 1. The zero-order valence-corrected chi connectivity index (χ0v) is 12.8. The molecule has 0 aliphatic carbocycles. The van der Waals surface area contributed by atoms with Gasteiger partial charge in [-0.05, 0) is 56.0 Å². The van der Waals surface area contributed by atoms with Crippen LogP contribution in [-0.2, 0) is 0 Å². The maximum Gasteiger partial charge on any atom is 0.253 e. The van der Waals surface area contributed by atoms with Gasteiger partial charge >= 0.3 is 0 Å². The van der Waals surface area contributed by atoms with E-state index in [1.54, 1.807) is 0 Å². The van der Waals surface area contributed by atoms with Crippen molar-refractivity contribution in [1.82, 2.24) is 4.90 Å². The molecule has 0 heterocycles. The van der Waals surface area contributed by atoms with Crippen LogP contribution >= 0.6 is 0 Å². The number of hydrogen-bond acceptors (Lipinski definition) is 2. The molecule has 0 radical (unpaired) electrons. The summed E-state index contributed by atoms with van der Waals surface area (Å²) in [4.78, 5) is 14.4. The van der Waals surface area contributed by atoms with Crippen LogP contribution in [0.3, 0.4) is 0 Å². The van der Waals surface area contributed by atoms with Gasteiger partial charge in [0.1, 0.15) is 0 Å². The van der Waals surface area contributed by atoms with Crippen molar-refractivity contribution in [3.05, 3.63) is 34.9 Å². The van der Waals surface area contributed by atoms with Crippen LogP contribution in [-0.4, -0.2) is 30.4 Å². The molecule has 1 rings (SSSR count). The van der Waals surface area contributed by atoms with Crippen molar-refractivity contribution in [3.8, 4) is 0 Å². The van der Waals surface area contributed by atoms with Crippen molar-refractivity contribution < 1.29 is 4.79 Å².